The van der Waals surface area contributed by atoms with Crippen molar-refractivity contribution in [3.63, 3.8) is 0 Å². The van der Waals surface area contributed by atoms with E-state index in [-0.39, 0.29) is 16.5 Å². The zero-order chi connectivity index (χ0) is 7.15. The first-order valence-corrected chi connectivity index (χ1v) is 1.13. The predicted molar refractivity (Wildman–Crippen MR) is 13.1 cm³/mol. The molecule has 0 aliphatic rings. The van der Waals surface area contributed by atoms with Gasteiger partial charge in [-0.25, -0.2) is 0 Å². The Morgan fingerprint density at radius 3 is 0.556 bits per heavy atom. The molecule has 0 spiro atoms. The average molecular weight is 197 g/mol. The van der Waals surface area contributed by atoms with Crippen molar-refractivity contribution < 1.29 is 42.8 Å². The third kappa shape index (κ3) is 55100. The fraction of sp³-hybridized carbons (Fsp3) is 0. The van der Waals surface area contributed by atoms with E-state index in [1.165, 1.54) is 0 Å². The van der Waals surface area contributed by atoms with Gasteiger partial charge in [0.15, 0.2) is 13.4 Å². The van der Waals surface area contributed by atoms with Gasteiger partial charge in [-0.05, 0) is 0 Å². The zero-order valence-corrected chi connectivity index (χ0v) is 4.57. The van der Waals surface area contributed by atoms with Gasteiger partial charge in [0, 0.05) is 0 Å². The van der Waals surface area contributed by atoms with Crippen LogP contribution >= 0.6 is 0 Å². The van der Waals surface area contributed by atoms with Gasteiger partial charge in [-0.15, -0.1) is 0 Å². The van der Waals surface area contributed by atoms with Gasteiger partial charge < -0.3 is 26.3 Å². The van der Waals surface area contributed by atoms with Gasteiger partial charge in [-0.1, -0.05) is 0 Å². The molecule has 0 amide bonds. The third-order valence-electron chi connectivity index (χ3n) is 0. The van der Waals surface area contributed by atoms with Gasteiger partial charge in [0.25, 0.3) is 0 Å². The summed E-state index contributed by atoms with van der Waals surface area (Å²) in [7, 11) is 0. The van der Waals surface area contributed by atoms with Crippen molar-refractivity contribution in [2.24, 2.45) is 0 Å². The summed E-state index contributed by atoms with van der Waals surface area (Å²) >= 11 is 0. The maximum Gasteiger partial charge on any atom is 2.00 e. The summed E-state index contributed by atoms with van der Waals surface area (Å²) in [4.78, 5) is 0. The summed E-state index contributed by atoms with van der Waals surface area (Å²) in [6.07, 6.45) is 0. The number of rotatable bonds is 0. The van der Waals surface area contributed by atoms with Crippen LogP contribution in [0.5, 0.6) is 0 Å². The van der Waals surface area contributed by atoms with E-state index >= 15 is 0 Å². The maximum absolute atomic E-state index is 9.58. The minimum absolute atomic E-state index is 0. The number of halogens is 6. The molecule has 0 saturated carbocycles. The third-order valence-corrected chi connectivity index (χ3v) is 0. The summed E-state index contributed by atoms with van der Waals surface area (Å²) in [5.74, 6) is 0. The van der Waals surface area contributed by atoms with Gasteiger partial charge in [0.1, 0.15) is 0 Å². The first-order chi connectivity index (χ1) is 3.46. The molecule has 0 aliphatic carbocycles. The quantitative estimate of drug-likeness (QED) is 0.318. The summed E-state index contributed by atoms with van der Waals surface area (Å²) in [6.45, 7) is -6.17. The van der Waals surface area contributed by atoms with Crippen LogP contribution in [0.15, 0.2) is 0 Å². The van der Waals surface area contributed by atoms with Gasteiger partial charge in [0.2, 0.25) is 0 Å². The molecule has 0 fully saturated rings. The molecule has 0 rings (SSSR count). The summed E-state index contributed by atoms with van der Waals surface area (Å²) in [5, 5.41) is 0. The molecule has 0 aromatic heterocycles. The van der Waals surface area contributed by atoms with E-state index in [0.717, 1.165) is 0 Å². The smallest absolute Gasteiger partial charge is 0.385 e. The second kappa shape index (κ2) is 11.0. The molecule has 0 nitrogen and oxygen atoms in total. The van der Waals surface area contributed by atoms with Crippen LogP contribution in [0.3, 0.4) is 0 Å². The fourth-order valence-electron chi connectivity index (χ4n) is 0. The summed E-state index contributed by atoms with van der Waals surface area (Å²) < 4.78 is 57.5. The normalized spacial score (nSPS) is 8.00. The second-order valence-corrected chi connectivity index (χ2v) is 0.429. The van der Waals surface area contributed by atoms with E-state index in [1.807, 2.05) is 0 Å². The minimum atomic E-state index is -3.08. The largest absolute Gasteiger partial charge is 2.00 e. The zero-order valence-electron chi connectivity index (χ0n) is 3.58. The molecule has 0 bridgehead atoms. The first-order valence-electron chi connectivity index (χ1n) is 1.13. The van der Waals surface area contributed by atoms with Crippen molar-refractivity contribution >= 4 is 0 Å². The van der Waals surface area contributed by atoms with Crippen LogP contribution in [0, 0.1) is 13.4 Å². The van der Waals surface area contributed by atoms with Crippen molar-refractivity contribution in [3.05, 3.63) is 13.4 Å². The molecule has 0 heterocycles. The van der Waals surface area contributed by atoms with Crippen LogP contribution in [-0.4, -0.2) is 0 Å². The molecule has 0 saturated heterocycles. The Morgan fingerprint density at radius 1 is 0.556 bits per heavy atom. The standard InChI is InChI=1S/2CF3.Ni/c2*2-1(3)4;/q2*-1;+2. The topological polar surface area (TPSA) is 0 Å². The molecule has 0 atom stereocenters. The van der Waals surface area contributed by atoms with E-state index in [2.05, 4.69) is 0 Å². The van der Waals surface area contributed by atoms with Gasteiger partial charge in [-0.3, -0.25) is 0 Å². The van der Waals surface area contributed by atoms with E-state index < -0.39 is 13.4 Å². The average Bonchev–Trinajstić information content (AvgIpc) is 1.25. The van der Waals surface area contributed by atoms with Gasteiger partial charge in [0.05, 0.1) is 0 Å². The summed E-state index contributed by atoms with van der Waals surface area (Å²) in [6, 6.07) is 0. The molecule has 0 N–H and O–H groups in total. The monoisotopic (exact) mass is 196 g/mol. The van der Waals surface area contributed by atoms with Crippen molar-refractivity contribution in [1.29, 1.82) is 0 Å². The number of hydrogen-bond acceptors (Lipinski definition) is 0. The molecule has 0 aromatic carbocycles. The molecule has 0 aliphatic heterocycles. The van der Waals surface area contributed by atoms with E-state index in [0.29, 0.717) is 0 Å². The Morgan fingerprint density at radius 2 is 0.556 bits per heavy atom. The second-order valence-electron chi connectivity index (χ2n) is 0.429. The van der Waals surface area contributed by atoms with E-state index in [1.54, 1.807) is 0 Å². The van der Waals surface area contributed by atoms with Crippen LogP contribution in [0.25, 0.3) is 0 Å². The Labute approximate surface area is 57.1 Å². The summed E-state index contributed by atoms with van der Waals surface area (Å²) in [5.41, 5.74) is 0. The van der Waals surface area contributed by atoms with E-state index in [4.69, 9.17) is 0 Å². The van der Waals surface area contributed by atoms with Crippen LogP contribution in [-0.2, 0) is 16.5 Å². The Bertz CT molecular complexity index is 26.5. The first kappa shape index (κ1) is 16.0. The van der Waals surface area contributed by atoms with Gasteiger partial charge >= 0.3 is 16.5 Å². The molecule has 0 aromatic rings. The van der Waals surface area contributed by atoms with Crippen molar-refractivity contribution in [2.75, 3.05) is 0 Å². The van der Waals surface area contributed by atoms with Gasteiger partial charge in [-0.2, -0.15) is 0 Å². The Hall–Kier alpha value is 0.0735. The van der Waals surface area contributed by atoms with E-state index in [9.17, 15) is 26.3 Å². The Kier molecular flexibility index (Phi) is 19.5. The molecular weight excluding hydrogens is 197 g/mol. The molecule has 7 heteroatoms. The van der Waals surface area contributed by atoms with Crippen LogP contribution in [0.1, 0.15) is 0 Å². The minimum Gasteiger partial charge on any atom is -0.385 e. The molecular formula is C2F6Ni. The molecule has 0 radical (unpaired) electrons. The Balaban J connectivity index is -0.0000000720. The SMILES string of the molecule is F[C-](F)F.F[C-](F)F.[Ni+2]. The fourth-order valence-corrected chi connectivity index (χ4v) is 0. The number of hydrogen-bond donors (Lipinski definition) is 0. The van der Waals surface area contributed by atoms with Crippen molar-refractivity contribution in [1.82, 2.24) is 0 Å². The maximum atomic E-state index is 9.58. The van der Waals surface area contributed by atoms with Crippen LogP contribution in [0.2, 0.25) is 0 Å². The van der Waals surface area contributed by atoms with Crippen LogP contribution in [0.4, 0.5) is 26.3 Å². The van der Waals surface area contributed by atoms with Crippen LogP contribution < -0.4 is 0 Å². The molecule has 9 heavy (non-hydrogen) atoms. The molecule has 60 valence electrons. The van der Waals surface area contributed by atoms with Crippen molar-refractivity contribution in [3.8, 4) is 0 Å². The predicted octanol–water partition coefficient (Wildman–Crippen LogP) is 2.68. The van der Waals surface area contributed by atoms with Crippen molar-refractivity contribution in [2.45, 2.75) is 0 Å². The molecule has 0 unspecified atom stereocenters.